The van der Waals surface area contributed by atoms with E-state index in [9.17, 15) is 15.0 Å². The van der Waals surface area contributed by atoms with Crippen molar-refractivity contribution in [2.75, 3.05) is 6.61 Å². The van der Waals surface area contributed by atoms with Crippen molar-refractivity contribution in [3.05, 3.63) is 35.9 Å². The predicted octanol–water partition coefficient (Wildman–Crippen LogP) is 2.55. The zero-order valence-electron chi connectivity index (χ0n) is 12.3. The third-order valence-corrected chi connectivity index (χ3v) is 4.92. The van der Waals surface area contributed by atoms with Crippen LogP contribution in [0.5, 0.6) is 0 Å². The number of ether oxygens (including phenoxy) is 1. The molecule has 1 saturated heterocycles. The summed E-state index contributed by atoms with van der Waals surface area (Å²) in [6, 6.07) is 9.30. The van der Waals surface area contributed by atoms with Crippen molar-refractivity contribution in [3.63, 3.8) is 0 Å². The minimum absolute atomic E-state index is 0.195. The molecule has 0 spiro atoms. The maximum atomic E-state index is 12.0. The topological polar surface area (TPSA) is 66.8 Å². The molecule has 2 aliphatic rings. The summed E-state index contributed by atoms with van der Waals surface area (Å²) in [7, 11) is 0. The van der Waals surface area contributed by atoms with Gasteiger partial charge in [-0.3, -0.25) is 4.79 Å². The molecule has 114 valence electrons. The summed E-state index contributed by atoms with van der Waals surface area (Å²) in [4.78, 5) is 12.0. The fraction of sp³-hybridized carbons (Fsp3) is 0.588. The molecule has 4 nitrogen and oxygen atoms in total. The lowest BCUT2D eigenvalue weighted by Gasteiger charge is -2.36. The Morgan fingerprint density at radius 2 is 2.05 bits per heavy atom. The van der Waals surface area contributed by atoms with Crippen molar-refractivity contribution in [1.82, 2.24) is 0 Å². The van der Waals surface area contributed by atoms with E-state index in [2.05, 4.69) is 0 Å². The summed E-state index contributed by atoms with van der Waals surface area (Å²) in [5.41, 5.74) is -1.38. The summed E-state index contributed by atoms with van der Waals surface area (Å²) in [6.45, 7) is 2.17. The van der Waals surface area contributed by atoms with E-state index >= 15 is 0 Å². The fourth-order valence-electron chi connectivity index (χ4n) is 3.66. The molecule has 3 rings (SSSR count). The van der Waals surface area contributed by atoms with E-state index in [1.165, 1.54) is 0 Å². The van der Waals surface area contributed by atoms with E-state index < -0.39 is 17.0 Å². The zero-order valence-corrected chi connectivity index (χ0v) is 12.3. The van der Waals surface area contributed by atoms with E-state index in [-0.39, 0.29) is 12.5 Å². The molecule has 0 amide bonds. The standard InChI is InChI=1S/C17H22O4/c1-16(20,13-5-3-2-4-6-13)11-17(15(18)19)9-10-21-14(17)12-7-8-12/h2-6,12,14,20H,7-11H2,1H3,(H,18,19). The number of carbonyl (C=O) groups is 1. The third-order valence-electron chi connectivity index (χ3n) is 4.92. The van der Waals surface area contributed by atoms with E-state index in [1.807, 2.05) is 30.3 Å². The summed E-state index contributed by atoms with van der Waals surface area (Å²) < 4.78 is 5.74. The lowest BCUT2D eigenvalue weighted by atomic mass is 9.70. The molecule has 3 unspecified atom stereocenters. The molecule has 1 saturated carbocycles. The SMILES string of the molecule is CC(O)(CC1(C(=O)O)CCOC1C1CC1)c1ccccc1. The second-order valence-corrected chi connectivity index (χ2v) is 6.66. The quantitative estimate of drug-likeness (QED) is 0.874. The van der Waals surface area contributed by atoms with Gasteiger partial charge in [-0.25, -0.2) is 0 Å². The molecular formula is C17H22O4. The van der Waals surface area contributed by atoms with Gasteiger partial charge in [0.05, 0.1) is 17.1 Å². The lowest BCUT2D eigenvalue weighted by molar-refractivity contribution is -0.159. The Bertz CT molecular complexity index is 521. The molecule has 1 aliphatic carbocycles. The van der Waals surface area contributed by atoms with Crippen molar-refractivity contribution in [2.24, 2.45) is 11.3 Å². The normalized spacial score (nSPS) is 31.8. The second-order valence-electron chi connectivity index (χ2n) is 6.66. The minimum atomic E-state index is -1.17. The van der Waals surface area contributed by atoms with Crippen molar-refractivity contribution in [1.29, 1.82) is 0 Å². The highest BCUT2D eigenvalue weighted by atomic mass is 16.5. The highest BCUT2D eigenvalue weighted by Crippen LogP contribution is 2.52. The van der Waals surface area contributed by atoms with Gasteiger partial charge in [-0.15, -0.1) is 0 Å². The Labute approximate surface area is 124 Å². The van der Waals surface area contributed by atoms with Gasteiger partial charge in [0.15, 0.2) is 0 Å². The molecule has 21 heavy (non-hydrogen) atoms. The van der Waals surface area contributed by atoms with Gasteiger partial charge < -0.3 is 14.9 Å². The number of aliphatic hydroxyl groups is 1. The van der Waals surface area contributed by atoms with Crippen LogP contribution in [0.3, 0.4) is 0 Å². The van der Waals surface area contributed by atoms with Crippen LogP contribution in [0.15, 0.2) is 30.3 Å². The molecule has 2 N–H and O–H groups in total. The average Bonchev–Trinajstić information content (AvgIpc) is 3.21. The largest absolute Gasteiger partial charge is 0.481 e. The minimum Gasteiger partial charge on any atom is -0.481 e. The number of hydrogen-bond donors (Lipinski definition) is 2. The number of rotatable bonds is 5. The van der Waals surface area contributed by atoms with Gasteiger partial charge in [0, 0.05) is 6.61 Å². The monoisotopic (exact) mass is 290 g/mol. The molecule has 1 heterocycles. The predicted molar refractivity (Wildman–Crippen MR) is 77.8 cm³/mol. The van der Waals surface area contributed by atoms with Gasteiger partial charge in [-0.05, 0) is 44.1 Å². The molecule has 1 aromatic carbocycles. The van der Waals surface area contributed by atoms with Crippen LogP contribution in [0, 0.1) is 11.3 Å². The van der Waals surface area contributed by atoms with Crippen molar-refractivity contribution < 1.29 is 19.7 Å². The number of carboxylic acids is 1. The van der Waals surface area contributed by atoms with Gasteiger partial charge in [0.25, 0.3) is 0 Å². The molecule has 2 fully saturated rings. The summed E-state index contributed by atoms with van der Waals surface area (Å²) in [5, 5.41) is 20.7. The molecule has 4 heteroatoms. The first-order valence-electron chi connectivity index (χ1n) is 7.59. The number of benzene rings is 1. The zero-order chi connectivity index (χ0) is 15.1. The highest BCUT2D eigenvalue weighted by Gasteiger charge is 2.58. The first-order chi connectivity index (χ1) is 9.96. The van der Waals surface area contributed by atoms with E-state index in [0.717, 1.165) is 18.4 Å². The fourth-order valence-corrected chi connectivity index (χ4v) is 3.66. The molecule has 0 radical (unpaired) electrons. The van der Waals surface area contributed by atoms with Crippen molar-refractivity contribution >= 4 is 5.97 Å². The van der Waals surface area contributed by atoms with Gasteiger partial charge in [0.1, 0.15) is 0 Å². The Balaban J connectivity index is 1.90. The van der Waals surface area contributed by atoms with Crippen LogP contribution in [0.1, 0.15) is 38.2 Å². The Morgan fingerprint density at radius 3 is 2.62 bits per heavy atom. The molecule has 1 aromatic rings. The summed E-state index contributed by atoms with van der Waals surface area (Å²) in [5.74, 6) is -0.497. The maximum absolute atomic E-state index is 12.0. The van der Waals surface area contributed by atoms with Gasteiger partial charge in [-0.1, -0.05) is 30.3 Å². The van der Waals surface area contributed by atoms with Crippen molar-refractivity contribution in [3.8, 4) is 0 Å². The molecular weight excluding hydrogens is 268 g/mol. The number of hydrogen-bond acceptors (Lipinski definition) is 3. The first kappa shape index (κ1) is 14.5. The summed E-state index contributed by atoms with van der Waals surface area (Å²) >= 11 is 0. The van der Waals surface area contributed by atoms with Crippen LogP contribution in [0.25, 0.3) is 0 Å². The molecule has 1 aliphatic heterocycles. The molecule has 0 bridgehead atoms. The van der Waals surface area contributed by atoms with E-state index in [0.29, 0.717) is 18.9 Å². The van der Waals surface area contributed by atoms with Crippen LogP contribution in [-0.4, -0.2) is 28.9 Å². The Morgan fingerprint density at radius 1 is 1.38 bits per heavy atom. The number of aliphatic carboxylic acids is 1. The van der Waals surface area contributed by atoms with E-state index in [1.54, 1.807) is 6.92 Å². The van der Waals surface area contributed by atoms with Crippen LogP contribution in [0.4, 0.5) is 0 Å². The Kier molecular flexibility index (Phi) is 3.54. The lowest BCUT2D eigenvalue weighted by Crippen LogP contribution is -2.45. The average molecular weight is 290 g/mol. The first-order valence-corrected chi connectivity index (χ1v) is 7.59. The van der Waals surface area contributed by atoms with Crippen LogP contribution < -0.4 is 0 Å². The van der Waals surface area contributed by atoms with Crippen LogP contribution >= 0.6 is 0 Å². The number of carboxylic acid groups (broad SMARTS) is 1. The van der Waals surface area contributed by atoms with Crippen LogP contribution in [-0.2, 0) is 15.1 Å². The second kappa shape index (κ2) is 5.11. The molecule has 0 aromatic heterocycles. The van der Waals surface area contributed by atoms with E-state index in [4.69, 9.17) is 4.74 Å². The van der Waals surface area contributed by atoms with Crippen LogP contribution in [0.2, 0.25) is 0 Å². The van der Waals surface area contributed by atoms with Gasteiger partial charge in [-0.2, -0.15) is 0 Å². The van der Waals surface area contributed by atoms with Gasteiger partial charge in [0.2, 0.25) is 0 Å². The molecule has 3 atom stereocenters. The third kappa shape index (κ3) is 2.58. The maximum Gasteiger partial charge on any atom is 0.312 e. The summed E-state index contributed by atoms with van der Waals surface area (Å²) in [6.07, 6.45) is 2.48. The Hall–Kier alpha value is -1.39. The smallest absolute Gasteiger partial charge is 0.312 e. The van der Waals surface area contributed by atoms with Crippen molar-refractivity contribution in [2.45, 2.75) is 44.3 Å². The highest BCUT2D eigenvalue weighted by molar-refractivity contribution is 5.76. The van der Waals surface area contributed by atoms with Gasteiger partial charge >= 0.3 is 5.97 Å².